The lowest BCUT2D eigenvalue weighted by atomic mass is 10.0. The Morgan fingerprint density at radius 1 is 1.05 bits per heavy atom. The van der Waals surface area contributed by atoms with Crippen molar-refractivity contribution in [3.8, 4) is 0 Å². The van der Waals surface area contributed by atoms with Crippen molar-refractivity contribution in [3.63, 3.8) is 0 Å². The average Bonchev–Trinajstić information content (AvgIpc) is 2.76. The molecule has 0 amide bonds. The van der Waals surface area contributed by atoms with Gasteiger partial charge in [0.05, 0.1) is 0 Å². The van der Waals surface area contributed by atoms with E-state index in [0.29, 0.717) is 0 Å². The topological polar surface area (TPSA) is 3.24 Å². The van der Waals surface area contributed by atoms with Gasteiger partial charge >= 0.3 is 0 Å². The molecule has 0 N–H and O–H groups in total. The standard InChI is InChI=1S/C19H33N/c1-3-4-5-6-7-8-9-13-18-15-16-19-14-11-10-12-17(2)20(18)19/h3-5,17-19H,1,6-16H2,2H3/b5-4+. The first-order chi connectivity index (χ1) is 9.83. The molecular formula is C19H33N. The lowest BCUT2D eigenvalue weighted by Crippen LogP contribution is -2.41. The van der Waals surface area contributed by atoms with Crippen LogP contribution in [0.25, 0.3) is 0 Å². The van der Waals surface area contributed by atoms with E-state index < -0.39 is 0 Å². The first-order valence-corrected chi connectivity index (χ1v) is 8.88. The van der Waals surface area contributed by atoms with Crippen LogP contribution in [-0.2, 0) is 0 Å². The summed E-state index contributed by atoms with van der Waals surface area (Å²) >= 11 is 0. The summed E-state index contributed by atoms with van der Waals surface area (Å²) in [5, 5.41) is 0. The zero-order valence-electron chi connectivity index (χ0n) is 13.4. The van der Waals surface area contributed by atoms with E-state index in [1.165, 1.54) is 70.6 Å². The molecule has 114 valence electrons. The highest BCUT2D eigenvalue weighted by molar-refractivity contribution is 4.96. The van der Waals surface area contributed by atoms with Gasteiger partial charge in [-0.05, 0) is 51.9 Å². The Bertz CT molecular complexity index is 307. The Labute approximate surface area is 126 Å². The van der Waals surface area contributed by atoms with Crippen LogP contribution in [0.3, 0.4) is 0 Å². The predicted octanol–water partition coefficient (Wildman–Crippen LogP) is 5.47. The second-order valence-electron chi connectivity index (χ2n) is 6.77. The van der Waals surface area contributed by atoms with E-state index in [4.69, 9.17) is 0 Å². The Morgan fingerprint density at radius 2 is 1.90 bits per heavy atom. The third-order valence-electron chi connectivity index (χ3n) is 5.27. The van der Waals surface area contributed by atoms with Crippen molar-refractivity contribution >= 4 is 0 Å². The van der Waals surface area contributed by atoms with Crippen LogP contribution in [-0.4, -0.2) is 23.0 Å². The summed E-state index contributed by atoms with van der Waals surface area (Å²) in [6.45, 7) is 6.18. The number of fused-ring (bicyclic) bond motifs is 1. The summed E-state index contributed by atoms with van der Waals surface area (Å²) in [7, 11) is 0. The van der Waals surface area contributed by atoms with Crippen LogP contribution in [0.15, 0.2) is 24.8 Å². The van der Waals surface area contributed by atoms with Crippen LogP contribution in [0, 0.1) is 0 Å². The Morgan fingerprint density at radius 3 is 2.75 bits per heavy atom. The summed E-state index contributed by atoms with van der Waals surface area (Å²) in [4.78, 5) is 2.91. The highest BCUT2D eigenvalue weighted by Gasteiger charge is 2.36. The number of allylic oxidation sites excluding steroid dienone is 3. The van der Waals surface area contributed by atoms with Gasteiger partial charge in [-0.15, -0.1) is 0 Å². The lowest BCUT2D eigenvalue weighted by Gasteiger charge is -2.34. The van der Waals surface area contributed by atoms with Crippen molar-refractivity contribution < 1.29 is 0 Å². The molecule has 2 rings (SSSR count). The maximum atomic E-state index is 3.71. The largest absolute Gasteiger partial charge is 0.295 e. The normalized spacial score (nSPS) is 31.4. The molecule has 3 atom stereocenters. The SMILES string of the molecule is C=C/C=C/CCCCCC1CCC2CCCCC(C)N12. The van der Waals surface area contributed by atoms with Gasteiger partial charge in [0.15, 0.2) is 0 Å². The quantitative estimate of drug-likeness (QED) is 0.439. The molecule has 0 aromatic rings. The number of unbranched alkanes of at least 4 members (excludes halogenated alkanes) is 3. The summed E-state index contributed by atoms with van der Waals surface area (Å²) in [6.07, 6.45) is 21.8. The summed E-state index contributed by atoms with van der Waals surface area (Å²) in [5.41, 5.74) is 0. The van der Waals surface area contributed by atoms with Gasteiger partial charge in [0, 0.05) is 18.1 Å². The van der Waals surface area contributed by atoms with Crippen molar-refractivity contribution in [3.05, 3.63) is 24.8 Å². The molecule has 0 radical (unpaired) electrons. The molecular weight excluding hydrogens is 242 g/mol. The van der Waals surface area contributed by atoms with E-state index in [2.05, 4.69) is 30.6 Å². The minimum absolute atomic E-state index is 0.838. The van der Waals surface area contributed by atoms with Gasteiger partial charge < -0.3 is 0 Å². The number of hydrogen-bond acceptors (Lipinski definition) is 1. The molecule has 1 heteroatoms. The summed E-state index contributed by atoms with van der Waals surface area (Å²) in [6, 6.07) is 2.66. The summed E-state index contributed by atoms with van der Waals surface area (Å²) < 4.78 is 0. The maximum Gasteiger partial charge on any atom is 0.0102 e. The lowest BCUT2D eigenvalue weighted by molar-refractivity contribution is 0.132. The predicted molar refractivity (Wildman–Crippen MR) is 89.0 cm³/mol. The van der Waals surface area contributed by atoms with Crippen molar-refractivity contribution in [1.82, 2.24) is 4.90 Å². The minimum atomic E-state index is 0.838. The molecule has 20 heavy (non-hydrogen) atoms. The third kappa shape index (κ3) is 4.48. The van der Waals surface area contributed by atoms with Crippen LogP contribution in [0.2, 0.25) is 0 Å². The third-order valence-corrected chi connectivity index (χ3v) is 5.27. The molecule has 0 saturated carbocycles. The van der Waals surface area contributed by atoms with Crippen LogP contribution in [0.5, 0.6) is 0 Å². The molecule has 3 unspecified atom stereocenters. The molecule has 1 nitrogen and oxygen atoms in total. The fourth-order valence-electron chi connectivity index (χ4n) is 4.27. The molecule has 2 saturated heterocycles. The number of nitrogens with zero attached hydrogens (tertiary/aromatic N) is 1. The van der Waals surface area contributed by atoms with E-state index >= 15 is 0 Å². The number of rotatable bonds is 7. The summed E-state index contributed by atoms with van der Waals surface area (Å²) in [5.74, 6) is 0. The second kappa shape index (κ2) is 8.67. The average molecular weight is 275 g/mol. The molecule has 0 aliphatic carbocycles. The number of hydrogen-bond donors (Lipinski definition) is 0. The van der Waals surface area contributed by atoms with E-state index in [9.17, 15) is 0 Å². The Hall–Kier alpha value is -0.560. The highest BCUT2D eigenvalue weighted by atomic mass is 15.2. The van der Waals surface area contributed by atoms with Gasteiger partial charge in [-0.3, -0.25) is 4.90 Å². The Kier molecular flexibility index (Phi) is 6.86. The smallest absolute Gasteiger partial charge is 0.0102 e. The van der Waals surface area contributed by atoms with Crippen molar-refractivity contribution in [2.45, 2.75) is 95.7 Å². The van der Waals surface area contributed by atoms with Gasteiger partial charge in [-0.1, -0.05) is 50.5 Å². The van der Waals surface area contributed by atoms with Crippen LogP contribution < -0.4 is 0 Å². The van der Waals surface area contributed by atoms with Crippen molar-refractivity contribution in [2.24, 2.45) is 0 Å². The van der Waals surface area contributed by atoms with Crippen molar-refractivity contribution in [2.75, 3.05) is 0 Å². The maximum absolute atomic E-state index is 3.71. The molecule has 2 aliphatic rings. The zero-order valence-corrected chi connectivity index (χ0v) is 13.4. The minimum Gasteiger partial charge on any atom is -0.295 e. The molecule has 2 aliphatic heterocycles. The van der Waals surface area contributed by atoms with Crippen LogP contribution >= 0.6 is 0 Å². The fraction of sp³-hybridized carbons (Fsp3) is 0.789. The first-order valence-electron chi connectivity index (χ1n) is 8.88. The van der Waals surface area contributed by atoms with E-state index in [1.54, 1.807) is 0 Å². The Balaban J connectivity index is 1.67. The van der Waals surface area contributed by atoms with Gasteiger partial charge in [-0.25, -0.2) is 0 Å². The molecule has 2 heterocycles. The van der Waals surface area contributed by atoms with E-state index in [0.717, 1.165) is 18.1 Å². The fourth-order valence-corrected chi connectivity index (χ4v) is 4.27. The van der Waals surface area contributed by atoms with Crippen LogP contribution in [0.4, 0.5) is 0 Å². The monoisotopic (exact) mass is 275 g/mol. The van der Waals surface area contributed by atoms with Gasteiger partial charge in [0.25, 0.3) is 0 Å². The zero-order chi connectivity index (χ0) is 14.2. The second-order valence-corrected chi connectivity index (χ2v) is 6.77. The highest BCUT2D eigenvalue weighted by Crippen LogP contribution is 2.36. The van der Waals surface area contributed by atoms with Gasteiger partial charge in [-0.2, -0.15) is 0 Å². The first kappa shape index (κ1) is 15.8. The van der Waals surface area contributed by atoms with E-state index in [-0.39, 0.29) is 0 Å². The van der Waals surface area contributed by atoms with E-state index in [1.807, 2.05) is 6.08 Å². The van der Waals surface area contributed by atoms with Crippen molar-refractivity contribution in [1.29, 1.82) is 0 Å². The molecule has 0 spiro atoms. The molecule has 0 aromatic carbocycles. The van der Waals surface area contributed by atoms with Crippen LogP contribution in [0.1, 0.15) is 77.6 Å². The van der Waals surface area contributed by atoms with Gasteiger partial charge in [0.1, 0.15) is 0 Å². The molecule has 0 aromatic heterocycles. The molecule has 2 fully saturated rings. The molecule has 0 bridgehead atoms. The van der Waals surface area contributed by atoms with Gasteiger partial charge in [0.2, 0.25) is 0 Å².